The number of ether oxygens (including phenoxy) is 2. The number of amides is 1. The molecule has 1 aliphatic heterocycles. The number of hydrogen-bond acceptors (Lipinski definition) is 5. The van der Waals surface area contributed by atoms with E-state index in [-0.39, 0.29) is 6.54 Å². The summed E-state index contributed by atoms with van der Waals surface area (Å²) in [5, 5.41) is 12.9. The third kappa shape index (κ3) is 5.24. The van der Waals surface area contributed by atoms with Crippen LogP contribution in [0.2, 0.25) is 0 Å². The molecule has 1 aliphatic rings. The van der Waals surface area contributed by atoms with Crippen LogP contribution in [0.1, 0.15) is 38.0 Å². The fraction of sp³-hybridized carbons (Fsp3) is 0.350. The Labute approximate surface area is 159 Å². The van der Waals surface area contributed by atoms with Crippen LogP contribution in [0.15, 0.2) is 48.5 Å². The zero-order valence-corrected chi connectivity index (χ0v) is 15.8. The monoisotopic (exact) mass is 369 g/mol. The lowest BCUT2D eigenvalue weighted by Gasteiger charge is -2.21. The van der Waals surface area contributed by atoms with Crippen LogP contribution in [0, 0.1) is 0 Å². The van der Waals surface area contributed by atoms with Crippen LogP contribution in [0.3, 0.4) is 0 Å². The molecule has 3 rings (SSSR count). The molecule has 2 N–H and O–H groups in total. The molecule has 2 aromatic rings. The van der Waals surface area contributed by atoms with Crippen molar-refractivity contribution in [3.63, 3.8) is 0 Å². The summed E-state index contributed by atoms with van der Waals surface area (Å²) < 4.78 is 16.6. The third-order valence-electron chi connectivity index (χ3n) is 4.04. The fourth-order valence-corrected chi connectivity index (χ4v) is 2.84. The smallest absolute Gasteiger partial charge is 0.489 e. The molecule has 142 valence electrons. The molecule has 1 atom stereocenters. The van der Waals surface area contributed by atoms with Gasteiger partial charge in [-0.25, -0.2) is 4.79 Å². The van der Waals surface area contributed by atoms with Crippen molar-refractivity contribution in [2.75, 3.05) is 6.54 Å². The zero-order chi connectivity index (χ0) is 19.4. The standard InChI is InChI=1S/C20H24BNO5/c1-20(2,3)26-19(23)22-12-18-16-10-9-15(11-17(16)21(24)27-18)25-13-14-7-5-4-6-8-14/h4-11,18,24H,12-13H2,1-3H3,(H,22,23). The topological polar surface area (TPSA) is 77.0 Å². The second-order valence-electron chi connectivity index (χ2n) is 7.42. The highest BCUT2D eigenvalue weighted by molar-refractivity contribution is 6.61. The molecule has 6 nitrogen and oxygen atoms in total. The summed E-state index contributed by atoms with van der Waals surface area (Å²) in [5.74, 6) is 0.654. The Morgan fingerprint density at radius 3 is 2.67 bits per heavy atom. The van der Waals surface area contributed by atoms with Gasteiger partial charge in [-0.2, -0.15) is 0 Å². The van der Waals surface area contributed by atoms with Gasteiger partial charge in [0.1, 0.15) is 18.0 Å². The van der Waals surface area contributed by atoms with E-state index >= 15 is 0 Å². The first-order valence-electron chi connectivity index (χ1n) is 8.93. The highest BCUT2D eigenvalue weighted by atomic mass is 16.6. The molecule has 0 saturated heterocycles. The molecule has 0 aromatic heterocycles. The molecule has 0 spiro atoms. The Kier molecular flexibility index (Phi) is 5.72. The van der Waals surface area contributed by atoms with Gasteiger partial charge in [0.2, 0.25) is 0 Å². The number of carbonyl (C=O) groups is 1. The van der Waals surface area contributed by atoms with Crippen LogP contribution in [-0.2, 0) is 16.0 Å². The summed E-state index contributed by atoms with van der Waals surface area (Å²) >= 11 is 0. The van der Waals surface area contributed by atoms with E-state index in [1.807, 2.05) is 42.5 Å². The van der Waals surface area contributed by atoms with Crippen molar-refractivity contribution in [1.82, 2.24) is 5.32 Å². The van der Waals surface area contributed by atoms with Crippen molar-refractivity contribution in [1.29, 1.82) is 0 Å². The van der Waals surface area contributed by atoms with Gasteiger partial charge in [0.05, 0.1) is 6.10 Å². The summed E-state index contributed by atoms with van der Waals surface area (Å²) in [6.07, 6.45) is -0.956. The zero-order valence-electron chi connectivity index (χ0n) is 15.8. The number of nitrogens with one attached hydrogen (secondary N) is 1. The predicted molar refractivity (Wildman–Crippen MR) is 103 cm³/mol. The van der Waals surface area contributed by atoms with Crippen LogP contribution >= 0.6 is 0 Å². The van der Waals surface area contributed by atoms with Gasteiger partial charge in [0, 0.05) is 6.54 Å². The minimum atomic E-state index is -1.05. The maximum absolute atomic E-state index is 11.8. The molecular weight excluding hydrogens is 345 g/mol. The lowest BCUT2D eigenvalue weighted by Crippen LogP contribution is -2.35. The Hall–Kier alpha value is -2.51. The van der Waals surface area contributed by atoms with E-state index < -0.39 is 24.9 Å². The van der Waals surface area contributed by atoms with Crippen LogP contribution in [0.25, 0.3) is 0 Å². The molecule has 1 heterocycles. The van der Waals surface area contributed by atoms with E-state index in [0.29, 0.717) is 17.8 Å². The Balaban J connectivity index is 1.61. The van der Waals surface area contributed by atoms with Crippen molar-refractivity contribution in [2.24, 2.45) is 0 Å². The molecule has 0 aliphatic carbocycles. The number of hydrogen-bond donors (Lipinski definition) is 2. The van der Waals surface area contributed by atoms with Crippen LogP contribution < -0.4 is 15.5 Å². The normalized spacial score (nSPS) is 16.0. The van der Waals surface area contributed by atoms with Crippen molar-refractivity contribution >= 4 is 18.7 Å². The van der Waals surface area contributed by atoms with Gasteiger partial charge in [-0.3, -0.25) is 0 Å². The Bertz CT molecular complexity index is 791. The second-order valence-corrected chi connectivity index (χ2v) is 7.42. The maximum Gasteiger partial charge on any atom is 0.492 e. The Morgan fingerprint density at radius 2 is 1.96 bits per heavy atom. The SMILES string of the molecule is CC(C)(C)OC(=O)NCC1OB(O)c2cc(OCc3ccccc3)ccc21. The molecule has 1 amide bonds. The van der Waals surface area contributed by atoms with E-state index in [1.165, 1.54) is 0 Å². The minimum Gasteiger partial charge on any atom is -0.489 e. The van der Waals surface area contributed by atoms with E-state index in [2.05, 4.69) is 5.32 Å². The maximum atomic E-state index is 11.8. The number of benzene rings is 2. The second kappa shape index (κ2) is 8.02. The van der Waals surface area contributed by atoms with Gasteiger partial charge in [0.25, 0.3) is 0 Å². The highest BCUT2D eigenvalue weighted by Gasteiger charge is 2.35. The molecule has 0 fully saturated rings. The molecule has 1 unspecified atom stereocenters. The molecule has 0 radical (unpaired) electrons. The van der Waals surface area contributed by atoms with E-state index in [1.54, 1.807) is 26.8 Å². The third-order valence-corrected chi connectivity index (χ3v) is 4.04. The lowest BCUT2D eigenvalue weighted by atomic mass is 9.79. The predicted octanol–water partition coefficient (Wildman–Crippen LogP) is 2.55. The lowest BCUT2D eigenvalue weighted by molar-refractivity contribution is 0.0498. The van der Waals surface area contributed by atoms with E-state index in [4.69, 9.17) is 14.1 Å². The van der Waals surface area contributed by atoms with Gasteiger partial charge >= 0.3 is 13.2 Å². The number of alkyl carbamates (subject to hydrolysis) is 1. The quantitative estimate of drug-likeness (QED) is 0.793. The summed E-state index contributed by atoms with van der Waals surface area (Å²) in [5.41, 5.74) is 1.97. The van der Waals surface area contributed by atoms with Crippen LogP contribution in [0.5, 0.6) is 5.75 Å². The van der Waals surface area contributed by atoms with Gasteiger partial charge < -0.3 is 24.5 Å². The van der Waals surface area contributed by atoms with Crippen molar-refractivity contribution in [2.45, 2.75) is 39.1 Å². The first kappa shape index (κ1) is 19.3. The van der Waals surface area contributed by atoms with Gasteiger partial charge in [-0.1, -0.05) is 36.4 Å². The van der Waals surface area contributed by atoms with E-state index in [9.17, 15) is 9.82 Å². The molecule has 0 bridgehead atoms. The van der Waals surface area contributed by atoms with Crippen molar-refractivity contribution in [3.8, 4) is 5.75 Å². The molecule has 2 aromatic carbocycles. The highest BCUT2D eigenvalue weighted by Crippen LogP contribution is 2.26. The molecular formula is C20H24BNO5. The minimum absolute atomic E-state index is 0.212. The largest absolute Gasteiger partial charge is 0.492 e. The van der Waals surface area contributed by atoms with Gasteiger partial charge in [-0.05, 0) is 49.5 Å². The van der Waals surface area contributed by atoms with Crippen LogP contribution in [0.4, 0.5) is 4.79 Å². The summed E-state index contributed by atoms with van der Waals surface area (Å²) in [6, 6.07) is 15.3. The van der Waals surface area contributed by atoms with Crippen molar-refractivity contribution < 1.29 is 23.9 Å². The molecule has 27 heavy (non-hydrogen) atoms. The number of carbonyl (C=O) groups excluding carboxylic acids is 1. The fourth-order valence-electron chi connectivity index (χ4n) is 2.84. The van der Waals surface area contributed by atoms with Crippen molar-refractivity contribution in [3.05, 3.63) is 59.7 Å². The average molecular weight is 369 g/mol. The van der Waals surface area contributed by atoms with Crippen LogP contribution in [-0.4, -0.2) is 30.4 Å². The Morgan fingerprint density at radius 1 is 1.22 bits per heavy atom. The van der Waals surface area contributed by atoms with Gasteiger partial charge in [-0.15, -0.1) is 0 Å². The average Bonchev–Trinajstić information content (AvgIpc) is 2.93. The number of rotatable bonds is 5. The molecule has 0 saturated carbocycles. The summed E-state index contributed by atoms with van der Waals surface area (Å²) in [6.45, 7) is 6.06. The van der Waals surface area contributed by atoms with E-state index in [0.717, 1.165) is 11.1 Å². The summed E-state index contributed by atoms with van der Waals surface area (Å²) in [7, 11) is -1.05. The first-order valence-corrected chi connectivity index (χ1v) is 8.93. The summed E-state index contributed by atoms with van der Waals surface area (Å²) in [4.78, 5) is 11.8. The number of fused-ring (bicyclic) bond motifs is 1. The molecule has 7 heteroatoms. The van der Waals surface area contributed by atoms with Gasteiger partial charge in [0.15, 0.2) is 0 Å². The first-order chi connectivity index (χ1) is 12.8.